The molecule has 2 aliphatic heterocycles. The Morgan fingerprint density at radius 2 is 1.41 bits per heavy atom. The van der Waals surface area contributed by atoms with Crippen molar-refractivity contribution < 1.29 is 0 Å². The van der Waals surface area contributed by atoms with Gasteiger partial charge in [0, 0.05) is 11.1 Å². The topological polar surface area (TPSA) is 6.48 Å². The summed E-state index contributed by atoms with van der Waals surface area (Å²) in [5, 5.41) is 0. The fourth-order valence-corrected chi connectivity index (χ4v) is 7.40. The van der Waals surface area contributed by atoms with Gasteiger partial charge in [0.1, 0.15) is 6.17 Å². The predicted octanol–water partition coefficient (Wildman–Crippen LogP) is 7.62. The first-order chi connectivity index (χ1) is 16.7. The molecule has 3 aliphatic rings. The molecule has 0 N–H and O–H groups in total. The molecule has 34 heavy (non-hydrogen) atoms. The number of hydrogen-bond acceptors (Lipinski definition) is 2. The van der Waals surface area contributed by atoms with E-state index < -0.39 is 0 Å². The standard InChI is InChI=1S/C32H36N2/c1-24-14-12-13-21-29(24)34-25(2)30-32(27-17-8-4-9-18-27,28-19-10-5-11-20-28)22-23-33(30)31(34)26-15-6-3-7-16-26/h3-4,6-9,12-18,21-23,25,28,30-31H,5,10-11,19-20H2,1-2H3/t25-,30?,31?,32?/m0/s1. The van der Waals surface area contributed by atoms with E-state index in [0.717, 1.165) is 0 Å². The van der Waals surface area contributed by atoms with E-state index in [9.17, 15) is 0 Å². The SMILES string of the molecule is Cc1ccccc1N1C(c2ccccc2)N2C=CC(c3ccccc3)(C3CCCCC3)C2[C@@H]1C. The molecule has 6 rings (SSSR count). The second-order valence-electron chi connectivity index (χ2n) is 10.6. The molecule has 2 heterocycles. The molecule has 0 amide bonds. The van der Waals surface area contributed by atoms with Gasteiger partial charge in [-0.1, -0.05) is 104 Å². The van der Waals surface area contributed by atoms with Crippen LogP contribution in [0, 0.1) is 12.8 Å². The summed E-state index contributed by atoms with van der Waals surface area (Å²) in [5.41, 5.74) is 5.62. The third-order valence-corrected chi connectivity index (χ3v) is 8.82. The lowest BCUT2D eigenvalue weighted by molar-refractivity contribution is 0.151. The maximum Gasteiger partial charge on any atom is 0.128 e. The first-order valence-corrected chi connectivity index (χ1v) is 13.1. The van der Waals surface area contributed by atoms with Crippen LogP contribution in [0.2, 0.25) is 0 Å². The molecule has 174 valence electrons. The van der Waals surface area contributed by atoms with Crippen molar-refractivity contribution in [2.75, 3.05) is 4.90 Å². The summed E-state index contributed by atoms with van der Waals surface area (Å²) in [6, 6.07) is 32.3. The molecule has 0 aromatic heterocycles. The van der Waals surface area contributed by atoms with Crippen LogP contribution in [0.1, 0.15) is 61.9 Å². The van der Waals surface area contributed by atoms with Crippen LogP contribution in [-0.2, 0) is 5.41 Å². The maximum absolute atomic E-state index is 2.71. The molecule has 1 saturated carbocycles. The second kappa shape index (κ2) is 8.65. The number of hydrogen-bond donors (Lipinski definition) is 0. The highest BCUT2D eigenvalue weighted by atomic mass is 15.5. The zero-order valence-electron chi connectivity index (χ0n) is 20.5. The van der Waals surface area contributed by atoms with E-state index in [0.29, 0.717) is 18.0 Å². The van der Waals surface area contributed by atoms with E-state index in [1.165, 1.54) is 54.5 Å². The van der Waals surface area contributed by atoms with Gasteiger partial charge in [-0.2, -0.15) is 0 Å². The van der Waals surface area contributed by atoms with Crippen LogP contribution >= 0.6 is 0 Å². The third-order valence-electron chi connectivity index (χ3n) is 8.82. The molecule has 2 nitrogen and oxygen atoms in total. The molecule has 3 unspecified atom stereocenters. The molecule has 3 aromatic carbocycles. The van der Waals surface area contributed by atoms with Crippen molar-refractivity contribution in [1.82, 2.24) is 4.90 Å². The Bertz CT molecular complexity index is 1150. The Balaban J connectivity index is 1.53. The fourth-order valence-electron chi connectivity index (χ4n) is 7.40. The van der Waals surface area contributed by atoms with E-state index in [4.69, 9.17) is 0 Å². The lowest BCUT2D eigenvalue weighted by Crippen LogP contribution is -2.51. The number of aryl methyl sites for hydroxylation is 1. The summed E-state index contributed by atoms with van der Waals surface area (Å²) in [6.45, 7) is 4.73. The van der Waals surface area contributed by atoms with E-state index in [1.54, 1.807) is 0 Å². The van der Waals surface area contributed by atoms with Crippen molar-refractivity contribution >= 4 is 5.69 Å². The van der Waals surface area contributed by atoms with Crippen LogP contribution in [-0.4, -0.2) is 17.0 Å². The number of nitrogens with zero attached hydrogens (tertiary/aromatic N) is 2. The molecule has 2 fully saturated rings. The maximum atomic E-state index is 2.71. The summed E-state index contributed by atoms with van der Waals surface area (Å²) < 4.78 is 0. The second-order valence-corrected chi connectivity index (χ2v) is 10.6. The van der Waals surface area contributed by atoms with Gasteiger partial charge in [0.2, 0.25) is 0 Å². The Morgan fingerprint density at radius 3 is 2.12 bits per heavy atom. The van der Waals surface area contributed by atoms with E-state index in [1.807, 2.05) is 0 Å². The van der Waals surface area contributed by atoms with E-state index in [-0.39, 0.29) is 11.6 Å². The van der Waals surface area contributed by atoms with Gasteiger partial charge in [0.05, 0.1) is 12.1 Å². The number of anilines is 1. The minimum atomic E-state index is 0.0472. The van der Waals surface area contributed by atoms with Gasteiger partial charge >= 0.3 is 0 Å². The van der Waals surface area contributed by atoms with Gasteiger partial charge in [0.25, 0.3) is 0 Å². The molecule has 1 saturated heterocycles. The quantitative estimate of drug-likeness (QED) is 0.405. The molecule has 0 radical (unpaired) electrons. The summed E-state index contributed by atoms with van der Waals surface area (Å²) in [6.07, 6.45) is 12.0. The molecule has 0 spiro atoms. The lowest BCUT2D eigenvalue weighted by Gasteiger charge is -2.45. The monoisotopic (exact) mass is 448 g/mol. The highest BCUT2D eigenvalue weighted by Crippen LogP contribution is 2.57. The van der Waals surface area contributed by atoms with Crippen molar-refractivity contribution in [3.63, 3.8) is 0 Å². The van der Waals surface area contributed by atoms with Crippen molar-refractivity contribution in [2.24, 2.45) is 5.92 Å². The summed E-state index contributed by atoms with van der Waals surface area (Å²) in [7, 11) is 0. The van der Waals surface area contributed by atoms with Gasteiger partial charge in [0.15, 0.2) is 0 Å². The average molecular weight is 449 g/mol. The van der Waals surface area contributed by atoms with Crippen LogP contribution in [0.15, 0.2) is 97.2 Å². The summed E-state index contributed by atoms with van der Waals surface area (Å²) in [5.74, 6) is 0.686. The smallest absolute Gasteiger partial charge is 0.128 e. The zero-order chi connectivity index (χ0) is 23.1. The van der Waals surface area contributed by atoms with Gasteiger partial charge in [-0.3, -0.25) is 0 Å². The molecule has 0 bridgehead atoms. The number of rotatable bonds is 4. The Labute approximate surface area is 204 Å². The molecular weight excluding hydrogens is 412 g/mol. The largest absolute Gasteiger partial charge is 0.348 e. The van der Waals surface area contributed by atoms with Gasteiger partial charge in [-0.05, 0) is 61.6 Å². The average Bonchev–Trinajstić information content (AvgIpc) is 3.43. The molecule has 4 atom stereocenters. The highest BCUT2D eigenvalue weighted by molar-refractivity contribution is 5.59. The molecule has 3 aromatic rings. The minimum Gasteiger partial charge on any atom is -0.348 e. The van der Waals surface area contributed by atoms with Crippen LogP contribution in [0.5, 0.6) is 0 Å². The fraction of sp³-hybridized carbons (Fsp3) is 0.375. The van der Waals surface area contributed by atoms with Crippen molar-refractivity contribution in [3.8, 4) is 0 Å². The molecule has 1 aliphatic carbocycles. The Hall–Kier alpha value is -3.00. The first-order valence-electron chi connectivity index (χ1n) is 13.1. The van der Waals surface area contributed by atoms with E-state index >= 15 is 0 Å². The highest BCUT2D eigenvalue weighted by Gasteiger charge is 2.59. The molecular formula is C32H36N2. The van der Waals surface area contributed by atoms with E-state index in [2.05, 4.69) is 121 Å². The Morgan fingerprint density at radius 1 is 0.765 bits per heavy atom. The normalized spacial score (nSPS) is 28.9. The first kappa shape index (κ1) is 21.5. The zero-order valence-corrected chi connectivity index (χ0v) is 20.5. The molecule has 2 heteroatoms. The summed E-state index contributed by atoms with van der Waals surface area (Å²) in [4.78, 5) is 5.41. The van der Waals surface area contributed by atoms with Crippen LogP contribution in [0.25, 0.3) is 0 Å². The lowest BCUT2D eigenvalue weighted by atomic mass is 9.61. The number of benzene rings is 3. The number of fused-ring (bicyclic) bond motifs is 1. The number of para-hydroxylation sites is 1. The predicted molar refractivity (Wildman–Crippen MR) is 142 cm³/mol. The van der Waals surface area contributed by atoms with Crippen molar-refractivity contribution in [2.45, 2.75) is 69.6 Å². The van der Waals surface area contributed by atoms with Crippen molar-refractivity contribution in [3.05, 3.63) is 114 Å². The van der Waals surface area contributed by atoms with Crippen LogP contribution in [0.4, 0.5) is 5.69 Å². The van der Waals surface area contributed by atoms with Gasteiger partial charge in [-0.15, -0.1) is 0 Å². The van der Waals surface area contributed by atoms with Crippen LogP contribution in [0.3, 0.4) is 0 Å². The van der Waals surface area contributed by atoms with Crippen molar-refractivity contribution in [1.29, 1.82) is 0 Å². The third kappa shape index (κ3) is 3.22. The van der Waals surface area contributed by atoms with Gasteiger partial charge in [-0.25, -0.2) is 0 Å². The van der Waals surface area contributed by atoms with Crippen LogP contribution < -0.4 is 4.90 Å². The Kier molecular flexibility index (Phi) is 5.48. The minimum absolute atomic E-state index is 0.0472. The van der Waals surface area contributed by atoms with Gasteiger partial charge < -0.3 is 9.80 Å². The summed E-state index contributed by atoms with van der Waals surface area (Å²) >= 11 is 0.